The Balaban J connectivity index is 2.38. The van der Waals surface area contributed by atoms with Gasteiger partial charge in [0.2, 0.25) is 10.0 Å². The summed E-state index contributed by atoms with van der Waals surface area (Å²) >= 11 is 0. The molecule has 0 unspecified atom stereocenters. The van der Waals surface area contributed by atoms with Crippen LogP contribution in [0.2, 0.25) is 0 Å². The SMILES string of the molecule is O=S1(=O)CCCN1c1ccccn1. The van der Waals surface area contributed by atoms with E-state index in [4.69, 9.17) is 0 Å². The van der Waals surface area contributed by atoms with Crippen LogP contribution in [0.1, 0.15) is 6.42 Å². The third kappa shape index (κ3) is 1.51. The van der Waals surface area contributed by atoms with Crippen LogP contribution < -0.4 is 4.31 Å². The standard InChI is InChI=1S/C8H10N2O2S/c11-13(12)7-3-6-10(13)8-4-1-2-5-9-8/h1-2,4-5H,3,6-7H2. The van der Waals surface area contributed by atoms with Crippen molar-refractivity contribution in [2.24, 2.45) is 0 Å². The van der Waals surface area contributed by atoms with Gasteiger partial charge in [-0.2, -0.15) is 0 Å². The van der Waals surface area contributed by atoms with Gasteiger partial charge >= 0.3 is 0 Å². The van der Waals surface area contributed by atoms with Crippen molar-refractivity contribution in [1.82, 2.24) is 4.98 Å². The summed E-state index contributed by atoms with van der Waals surface area (Å²) in [6.07, 6.45) is 2.29. The molecule has 0 N–H and O–H groups in total. The van der Waals surface area contributed by atoms with Crippen molar-refractivity contribution in [2.45, 2.75) is 6.42 Å². The van der Waals surface area contributed by atoms with Gasteiger partial charge in [0.25, 0.3) is 0 Å². The van der Waals surface area contributed by atoms with E-state index in [9.17, 15) is 8.42 Å². The van der Waals surface area contributed by atoms with Crippen LogP contribution in [0.5, 0.6) is 0 Å². The second kappa shape index (κ2) is 2.99. The average molecular weight is 198 g/mol. The number of pyridine rings is 1. The van der Waals surface area contributed by atoms with Gasteiger partial charge in [-0.3, -0.25) is 4.31 Å². The largest absolute Gasteiger partial charge is 0.254 e. The summed E-state index contributed by atoms with van der Waals surface area (Å²) in [5, 5.41) is 0. The van der Waals surface area contributed by atoms with Crippen molar-refractivity contribution in [3.63, 3.8) is 0 Å². The predicted octanol–water partition coefficient (Wildman–Crippen LogP) is 0.622. The predicted molar refractivity (Wildman–Crippen MR) is 50.0 cm³/mol. The fourth-order valence-corrected chi connectivity index (χ4v) is 2.91. The Hall–Kier alpha value is -1.10. The quantitative estimate of drug-likeness (QED) is 0.664. The zero-order chi connectivity index (χ0) is 9.31. The summed E-state index contributed by atoms with van der Waals surface area (Å²) in [5.41, 5.74) is 0. The van der Waals surface area contributed by atoms with Crippen LogP contribution >= 0.6 is 0 Å². The second-order valence-corrected chi connectivity index (χ2v) is 4.94. The summed E-state index contributed by atoms with van der Waals surface area (Å²) in [5.74, 6) is 0.767. The highest BCUT2D eigenvalue weighted by Crippen LogP contribution is 2.20. The molecule has 70 valence electrons. The molecule has 2 heterocycles. The number of hydrogen-bond donors (Lipinski definition) is 0. The van der Waals surface area contributed by atoms with E-state index in [0.717, 1.165) is 0 Å². The van der Waals surface area contributed by atoms with Crippen molar-refractivity contribution < 1.29 is 8.42 Å². The van der Waals surface area contributed by atoms with E-state index in [0.29, 0.717) is 18.8 Å². The van der Waals surface area contributed by atoms with E-state index in [-0.39, 0.29) is 5.75 Å². The fourth-order valence-electron chi connectivity index (χ4n) is 1.40. The third-order valence-corrected chi connectivity index (χ3v) is 3.85. The monoisotopic (exact) mass is 198 g/mol. The summed E-state index contributed by atoms with van der Waals surface area (Å²) in [4.78, 5) is 4.00. The van der Waals surface area contributed by atoms with Crippen molar-refractivity contribution in [1.29, 1.82) is 0 Å². The van der Waals surface area contributed by atoms with E-state index in [1.165, 1.54) is 4.31 Å². The Labute approximate surface area is 77.3 Å². The van der Waals surface area contributed by atoms with Crippen LogP contribution in [0.3, 0.4) is 0 Å². The molecule has 1 fully saturated rings. The van der Waals surface area contributed by atoms with Crippen molar-refractivity contribution in [3.8, 4) is 0 Å². The van der Waals surface area contributed by atoms with E-state index < -0.39 is 10.0 Å². The highest BCUT2D eigenvalue weighted by Gasteiger charge is 2.28. The minimum absolute atomic E-state index is 0.240. The molecule has 1 aliphatic heterocycles. The zero-order valence-electron chi connectivity index (χ0n) is 7.05. The summed E-state index contributed by atoms with van der Waals surface area (Å²) in [6.45, 7) is 0.555. The molecular weight excluding hydrogens is 188 g/mol. The van der Waals surface area contributed by atoms with Gasteiger partial charge in [0.15, 0.2) is 0 Å². The van der Waals surface area contributed by atoms with Gasteiger partial charge in [-0.05, 0) is 18.6 Å². The summed E-state index contributed by atoms with van der Waals surface area (Å²) in [6, 6.07) is 5.27. The number of nitrogens with zero attached hydrogens (tertiary/aromatic N) is 2. The van der Waals surface area contributed by atoms with Gasteiger partial charge in [0, 0.05) is 12.7 Å². The maximum Gasteiger partial charge on any atom is 0.236 e. The molecule has 1 aromatic heterocycles. The Bertz CT molecular complexity index is 388. The third-order valence-electron chi connectivity index (χ3n) is 2.00. The highest BCUT2D eigenvalue weighted by atomic mass is 32.2. The Kier molecular flexibility index (Phi) is 1.95. The molecule has 0 spiro atoms. The lowest BCUT2D eigenvalue weighted by atomic mass is 10.4. The van der Waals surface area contributed by atoms with E-state index in [1.54, 1.807) is 24.4 Å². The van der Waals surface area contributed by atoms with Crippen LogP contribution in [0.15, 0.2) is 24.4 Å². The number of rotatable bonds is 1. The van der Waals surface area contributed by atoms with Crippen LogP contribution in [-0.4, -0.2) is 25.7 Å². The Morgan fingerprint density at radius 2 is 2.23 bits per heavy atom. The molecule has 13 heavy (non-hydrogen) atoms. The van der Waals surface area contributed by atoms with E-state index in [2.05, 4.69) is 4.98 Å². The summed E-state index contributed by atoms with van der Waals surface area (Å²) < 4.78 is 24.3. The summed E-state index contributed by atoms with van der Waals surface area (Å²) in [7, 11) is -3.07. The lowest BCUT2D eigenvalue weighted by Crippen LogP contribution is -2.25. The number of sulfonamides is 1. The van der Waals surface area contributed by atoms with E-state index >= 15 is 0 Å². The topological polar surface area (TPSA) is 50.3 Å². The molecule has 0 saturated carbocycles. The van der Waals surface area contributed by atoms with Crippen LogP contribution in [0, 0.1) is 0 Å². The number of aromatic nitrogens is 1. The lowest BCUT2D eigenvalue weighted by molar-refractivity contribution is 0.599. The maximum absolute atomic E-state index is 11.4. The first-order valence-electron chi connectivity index (χ1n) is 4.11. The number of anilines is 1. The maximum atomic E-state index is 11.4. The highest BCUT2D eigenvalue weighted by molar-refractivity contribution is 7.93. The second-order valence-electron chi connectivity index (χ2n) is 2.93. The molecular formula is C8H10N2O2S. The first-order valence-corrected chi connectivity index (χ1v) is 5.72. The Morgan fingerprint density at radius 1 is 1.38 bits per heavy atom. The molecule has 0 radical (unpaired) electrons. The van der Waals surface area contributed by atoms with Crippen LogP contribution in [0.25, 0.3) is 0 Å². The molecule has 0 aromatic carbocycles. The average Bonchev–Trinajstić information content (AvgIpc) is 2.47. The molecule has 0 atom stereocenters. The molecule has 0 bridgehead atoms. The lowest BCUT2D eigenvalue weighted by Gasteiger charge is -2.14. The first-order chi connectivity index (χ1) is 6.20. The van der Waals surface area contributed by atoms with Crippen LogP contribution in [0.4, 0.5) is 5.82 Å². The van der Waals surface area contributed by atoms with Crippen molar-refractivity contribution >= 4 is 15.8 Å². The van der Waals surface area contributed by atoms with Gasteiger partial charge in [-0.25, -0.2) is 13.4 Å². The molecule has 1 aromatic rings. The Morgan fingerprint density at radius 3 is 2.77 bits per heavy atom. The van der Waals surface area contributed by atoms with Gasteiger partial charge in [-0.1, -0.05) is 6.07 Å². The van der Waals surface area contributed by atoms with Crippen molar-refractivity contribution in [2.75, 3.05) is 16.6 Å². The molecule has 1 aliphatic rings. The van der Waals surface area contributed by atoms with Crippen molar-refractivity contribution in [3.05, 3.63) is 24.4 Å². The molecule has 5 heteroatoms. The normalized spacial score (nSPS) is 20.5. The smallest absolute Gasteiger partial charge is 0.236 e. The van der Waals surface area contributed by atoms with E-state index in [1.807, 2.05) is 0 Å². The zero-order valence-corrected chi connectivity index (χ0v) is 7.87. The van der Waals surface area contributed by atoms with Crippen LogP contribution in [-0.2, 0) is 10.0 Å². The number of hydrogen-bond acceptors (Lipinski definition) is 3. The van der Waals surface area contributed by atoms with Gasteiger partial charge in [-0.15, -0.1) is 0 Å². The first kappa shape index (κ1) is 8.50. The molecule has 0 amide bonds. The van der Waals surface area contributed by atoms with Gasteiger partial charge < -0.3 is 0 Å². The fraction of sp³-hybridized carbons (Fsp3) is 0.375. The minimum Gasteiger partial charge on any atom is -0.254 e. The molecule has 2 rings (SSSR count). The molecule has 0 aliphatic carbocycles. The molecule has 4 nitrogen and oxygen atoms in total. The van der Waals surface area contributed by atoms with Gasteiger partial charge in [0.05, 0.1) is 5.75 Å². The van der Waals surface area contributed by atoms with Gasteiger partial charge in [0.1, 0.15) is 5.82 Å². The molecule has 1 saturated heterocycles. The minimum atomic E-state index is -3.07.